The second-order valence-corrected chi connectivity index (χ2v) is 9.52. The normalized spacial score (nSPS) is 17.0. The van der Waals surface area contributed by atoms with Crippen LogP contribution in [0.3, 0.4) is 0 Å². The molecule has 152 valence electrons. The minimum Gasteiger partial charge on any atom is -0.493 e. The molecule has 1 atom stereocenters. The minimum absolute atomic E-state index is 0.270. The maximum atomic E-state index is 13.5. The van der Waals surface area contributed by atoms with Gasteiger partial charge in [-0.25, -0.2) is 8.42 Å². The van der Waals surface area contributed by atoms with Gasteiger partial charge in [0.1, 0.15) is 0 Å². The van der Waals surface area contributed by atoms with Crippen molar-refractivity contribution >= 4 is 26.0 Å². The second-order valence-electron chi connectivity index (χ2n) is 6.71. The summed E-state index contributed by atoms with van der Waals surface area (Å²) in [6.45, 7) is 0.973. The van der Waals surface area contributed by atoms with Gasteiger partial charge in [0.05, 0.1) is 25.2 Å². The lowest BCUT2D eigenvalue weighted by Crippen LogP contribution is -2.42. The third-order valence-electron chi connectivity index (χ3n) is 5.14. The Kier molecular flexibility index (Phi) is 5.42. The summed E-state index contributed by atoms with van der Waals surface area (Å²) in [5, 5.41) is 0. The van der Waals surface area contributed by atoms with Gasteiger partial charge in [0.15, 0.2) is 11.5 Å². The molecule has 1 aromatic heterocycles. The molecule has 0 saturated carbocycles. The standard InChI is InChI=1S/C21H21BrN2O4S/c1-27-19-10-5-15(14-20(19)28-2)21-18-4-3-11-23(18)12-13-24(21)29(25,26)17-8-6-16(22)7-9-17/h3-11,14,21H,12-13H2,1-2H3. The summed E-state index contributed by atoms with van der Waals surface area (Å²) >= 11 is 3.36. The summed E-state index contributed by atoms with van der Waals surface area (Å²) in [5.41, 5.74) is 1.74. The topological polar surface area (TPSA) is 60.8 Å². The highest BCUT2D eigenvalue weighted by molar-refractivity contribution is 9.10. The third kappa shape index (κ3) is 3.56. The van der Waals surface area contributed by atoms with Gasteiger partial charge >= 0.3 is 0 Å². The van der Waals surface area contributed by atoms with Crippen LogP contribution in [0.4, 0.5) is 0 Å². The van der Waals surface area contributed by atoms with Gasteiger partial charge in [-0.15, -0.1) is 0 Å². The average Bonchev–Trinajstić information content (AvgIpc) is 3.21. The van der Waals surface area contributed by atoms with Gasteiger partial charge in [0.2, 0.25) is 10.0 Å². The van der Waals surface area contributed by atoms with E-state index < -0.39 is 16.1 Å². The van der Waals surface area contributed by atoms with Crippen LogP contribution in [-0.2, 0) is 16.6 Å². The zero-order valence-corrected chi connectivity index (χ0v) is 18.5. The first-order valence-corrected chi connectivity index (χ1v) is 11.3. The van der Waals surface area contributed by atoms with E-state index in [4.69, 9.17) is 9.47 Å². The van der Waals surface area contributed by atoms with Crippen LogP contribution in [0, 0.1) is 0 Å². The van der Waals surface area contributed by atoms with Crippen molar-refractivity contribution in [2.75, 3.05) is 20.8 Å². The van der Waals surface area contributed by atoms with Gasteiger partial charge in [-0.05, 0) is 54.1 Å². The molecule has 2 aromatic carbocycles. The largest absolute Gasteiger partial charge is 0.493 e. The molecule has 0 spiro atoms. The molecule has 0 bridgehead atoms. The zero-order chi connectivity index (χ0) is 20.6. The Bertz CT molecular complexity index is 1130. The minimum atomic E-state index is -3.70. The fourth-order valence-corrected chi connectivity index (χ4v) is 5.57. The predicted molar refractivity (Wildman–Crippen MR) is 114 cm³/mol. The van der Waals surface area contributed by atoms with Gasteiger partial charge in [-0.1, -0.05) is 22.0 Å². The molecule has 29 heavy (non-hydrogen) atoms. The molecule has 8 heteroatoms. The lowest BCUT2D eigenvalue weighted by Gasteiger charge is -2.36. The predicted octanol–water partition coefficient (Wildman–Crippen LogP) is 4.06. The van der Waals surface area contributed by atoms with Crippen LogP contribution in [0.15, 0.2) is 70.2 Å². The number of hydrogen-bond acceptors (Lipinski definition) is 4. The Morgan fingerprint density at radius 3 is 2.38 bits per heavy atom. The molecule has 0 saturated heterocycles. The van der Waals surface area contributed by atoms with E-state index >= 15 is 0 Å². The number of halogens is 1. The van der Waals surface area contributed by atoms with Crippen molar-refractivity contribution in [3.8, 4) is 11.5 Å². The monoisotopic (exact) mass is 476 g/mol. The Morgan fingerprint density at radius 1 is 0.966 bits per heavy atom. The number of nitrogens with zero attached hydrogens (tertiary/aromatic N) is 2. The number of methoxy groups -OCH3 is 2. The second kappa shape index (κ2) is 7.85. The van der Waals surface area contributed by atoms with Gasteiger partial charge in [0.25, 0.3) is 0 Å². The summed E-state index contributed by atoms with van der Waals surface area (Å²) in [4.78, 5) is 0.270. The molecule has 2 heterocycles. The zero-order valence-electron chi connectivity index (χ0n) is 16.1. The van der Waals surface area contributed by atoms with E-state index in [-0.39, 0.29) is 4.90 Å². The fraction of sp³-hybridized carbons (Fsp3) is 0.238. The van der Waals surface area contributed by atoms with Crippen LogP contribution in [0.1, 0.15) is 17.3 Å². The van der Waals surface area contributed by atoms with Crippen LogP contribution in [0.2, 0.25) is 0 Å². The van der Waals surface area contributed by atoms with E-state index in [1.807, 2.05) is 30.5 Å². The first kappa shape index (κ1) is 20.0. The molecule has 1 unspecified atom stereocenters. The highest BCUT2D eigenvalue weighted by atomic mass is 79.9. The van der Waals surface area contributed by atoms with Crippen molar-refractivity contribution in [2.45, 2.75) is 17.5 Å². The number of aromatic nitrogens is 1. The van der Waals surface area contributed by atoms with E-state index in [0.29, 0.717) is 24.6 Å². The van der Waals surface area contributed by atoms with E-state index in [9.17, 15) is 8.42 Å². The molecule has 0 amide bonds. The highest BCUT2D eigenvalue weighted by Gasteiger charge is 2.37. The molecule has 0 fully saturated rings. The van der Waals surface area contributed by atoms with Crippen molar-refractivity contribution in [1.29, 1.82) is 0 Å². The van der Waals surface area contributed by atoms with Crippen molar-refractivity contribution in [1.82, 2.24) is 8.87 Å². The van der Waals surface area contributed by atoms with Gasteiger partial charge < -0.3 is 14.0 Å². The highest BCUT2D eigenvalue weighted by Crippen LogP contribution is 2.39. The summed E-state index contributed by atoms with van der Waals surface area (Å²) in [5.74, 6) is 1.17. The van der Waals surface area contributed by atoms with Gasteiger partial charge in [-0.3, -0.25) is 0 Å². The lowest BCUT2D eigenvalue weighted by atomic mass is 10.0. The number of rotatable bonds is 5. The van der Waals surface area contributed by atoms with Crippen molar-refractivity contribution in [3.63, 3.8) is 0 Å². The van der Waals surface area contributed by atoms with E-state index in [0.717, 1.165) is 15.7 Å². The maximum absolute atomic E-state index is 13.5. The first-order chi connectivity index (χ1) is 14.0. The van der Waals surface area contributed by atoms with Crippen molar-refractivity contribution < 1.29 is 17.9 Å². The molecule has 4 rings (SSSR count). The van der Waals surface area contributed by atoms with Gasteiger partial charge in [-0.2, -0.15) is 4.31 Å². The Labute approximate surface area is 178 Å². The SMILES string of the molecule is COc1ccc(C2c3cccn3CCN2S(=O)(=O)c2ccc(Br)cc2)cc1OC. The first-order valence-electron chi connectivity index (χ1n) is 9.10. The maximum Gasteiger partial charge on any atom is 0.244 e. The Morgan fingerprint density at radius 2 is 1.69 bits per heavy atom. The molecule has 1 aliphatic rings. The summed E-state index contributed by atoms with van der Waals surface area (Å²) < 4.78 is 42.4. The molecular weight excluding hydrogens is 456 g/mol. The third-order valence-corrected chi connectivity index (χ3v) is 7.55. The van der Waals surface area contributed by atoms with Crippen LogP contribution in [-0.4, -0.2) is 38.1 Å². The number of ether oxygens (including phenoxy) is 2. The molecular formula is C21H21BrN2O4S. The summed E-state index contributed by atoms with van der Waals surface area (Å²) in [6.07, 6.45) is 1.98. The quantitative estimate of drug-likeness (QED) is 0.556. The fourth-order valence-electron chi connectivity index (χ4n) is 3.72. The number of benzene rings is 2. The molecule has 0 aliphatic carbocycles. The number of hydrogen-bond donors (Lipinski definition) is 0. The molecule has 1 aliphatic heterocycles. The van der Waals surface area contributed by atoms with Crippen LogP contribution < -0.4 is 9.47 Å². The average molecular weight is 477 g/mol. The Balaban J connectivity index is 1.85. The molecule has 3 aromatic rings. The van der Waals surface area contributed by atoms with Crippen LogP contribution >= 0.6 is 15.9 Å². The van der Waals surface area contributed by atoms with Crippen LogP contribution in [0.5, 0.6) is 11.5 Å². The lowest BCUT2D eigenvalue weighted by molar-refractivity contribution is 0.296. The van der Waals surface area contributed by atoms with E-state index in [1.54, 1.807) is 48.9 Å². The molecule has 0 N–H and O–H groups in total. The van der Waals surface area contributed by atoms with Crippen molar-refractivity contribution in [3.05, 3.63) is 76.5 Å². The van der Waals surface area contributed by atoms with E-state index in [2.05, 4.69) is 20.5 Å². The molecule has 0 radical (unpaired) electrons. The van der Waals surface area contributed by atoms with Crippen LogP contribution in [0.25, 0.3) is 0 Å². The number of fused-ring (bicyclic) bond motifs is 1. The Hall–Kier alpha value is -2.29. The number of sulfonamides is 1. The van der Waals surface area contributed by atoms with E-state index in [1.165, 1.54) is 0 Å². The van der Waals surface area contributed by atoms with Crippen molar-refractivity contribution in [2.24, 2.45) is 0 Å². The smallest absolute Gasteiger partial charge is 0.244 e. The summed E-state index contributed by atoms with van der Waals surface area (Å²) in [7, 11) is -0.557. The van der Waals surface area contributed by atoms with Gasteiger partial charge in [0, 0.05) is 29.5 Å². The summed E-state index contributed by atoms with van der Waals surface area (Å²) in [6, 6.07) is 15.7. The molecule has 6 nitrogen and oxygen atoms in total.